The molecule has 2 rings (SSSR count). The van der Waals surface area contributed by atoms with Crippen LogP contribution in [0.1, 0.15) is 45.9 Å². The Labute approximate surface area is 182 Å². The smallest absolute Gasteiger partial charge is 0.346 e. The van der Waals surface area contributed by atoms with E-state index in [0.29, 0.717) is 12.2 Å². The Hall–Kier alpha value is -3.35. The lowest BCUT2D eigenvalue weighted by molar-refractivity contribution is -0.150. The highest BCUT2D eigenvalue weighted by Gasteiger charge is 2.34. The van der Waals surface area contributed by atoms with Crippen LogP contribution in [0, 0.1) is 0 Å². The van der Waals surface area contributed by atoms with Crippen LogP contribution in [-0.2, 0) is 35.1 Å². The van der Waals surface area contributed by atoms with Gasteiger partial charge in [0.1, 0.15) is 11.2 Å². The highest BCUT2D eigenvalue weighted by Crippen LogP contribution is 2.26. The number of carbonyl (C=O) groups excluding carboxylic acids is 3. The predicted octanol–water partition coefficient (Wildman–Crippen LogP) is 3.76. The van der Waals surface area contributed by atoms with Gasteiger partial charge in [0.25, 0.3) is 0 Å². The summed E-state index contributed by atoms with van der Waals surface area (Å²) in [5.41, 5.74) is -0.168. The maximum atomic E-state index is 13.2. The van der Waals surface area contributed by atoms with Crippen molar-refractivity contribution in [2.24, 2.45) is 0 Å². The first kappa shape index (κ1) is 23.9. The average molecular weight is 427 g/mol. The predicted molar refractivity (Wildman–Crippen MR) is 116 cm³/mol. The molecular formula is C24H29NO6. The van der Waals surface area contributed by atoms with Gasteiger partial charge in [-0.1, -0.05) is 30.3 Å². The van der Waals surface area contributed by atoms with Gasteiger partial charge < -0.3 is 18.8 Å². The van der Waals surface area contributed by atoms with Crippen LogP contribution < -0.4 is 0 Å². The number of carbonyl (C=O) groups is 3. The van der Waals surface area contributed by atoms with E-state index in [0.717, 1.165) is 5.56 Å². The number of hydrogen-bond acceptors (Lipinski definition) is 6. The number of nitrogens with zero attached hydrogens (tertiary/aromatic N) is 1. The standard InChI is InChI=1S/C24H29NO6/c1-6-29-21(26)20(22(27)30-7-2)19(23(28)31-24(3,4)5)18-14-11-15-25(18)16-17-12-9-8-10-13-17/h8-15H,6-7,16H2,1-5H3. The summed E-state index contributed by atoms with van der Waals surface area (Å²) < 4.78 is 17.5. The fourth-order valence-electron chi connectivity index (χ4n) is 2.92. The topological polar surface area (TPSA) is 83.8 Å². The highest BCUT2D eigenvalue weighted by atomic mass is 16.6. The number of esters is 3. The van der Waals surface area contributed by atoms with Gasteiger partial charge in [-0.3, -0.25) is 0 Å². The molecule has 1 aromatic heterocycles. The van der Waals surface area contributed by atoms with Crippen molar-refractivity contribution in [3.8, 4) is 0 Å². The second-order valence-corrected chi connectivity index (χ2v) is 7.70. The van der Waals surface area contributed by atoms with Crippen LogP contribution in [0.3, 0.4) is 0 Å². The normalized spacial score (nSPS) is 10.9. The lowest BCUT2D eigenvalue weighted by atomic mass is 10.0. The molecule has 0 spiro atoms. The summed E-state index contributed by atoms with van der Waals surface area (Å²) in [4.78, 5) is 38.7. The minimum atomic E-state index is -0.936. The quantitative estimate of drug-likeness (QED) is 0.210. The molecule has 0 fully saturated rings. The van der Waals surface area contributed by atoms with Crippen molar-refractivity contribution in [3.63, 3.8) is 0 Å². The van der Waals surface area contributed by atoms with Crippen molar-refractivity contribution in [1.82, 2.24) is 4.57 Å². The van der Waals surface area contributed by atoms with E-state index in [2.05, 4.69) is 0 Å². The van der Waals surface area contributed by atoms with E-state index in [-0.39, 0.29) is 18.8 Å². The van der Waals surface area contributed by atoms with Crippen LogP contribution >= 0.6 is 0 Å². The van der Waals surface area contributed by atoms with E-state index in [1.165, 1.54) is 0 Å². The van der Waals surface area contributed by atoms with Gasteiger partial charge in [-0.05, 0) is 52.3 Å². The molecule has 0 saturated heterocycles. The summed E-state index contributed by atoms with van der Waals surface area (Å²) in [6.07, 6.45) is 1.76. The molecule has 0 atom stereocenters. The van der Waals surface area contributed by atoms with Crippen molar-refractivity contribution in [2.75, 3.05) is 13.2 Å². The summed E-state index contributed by atoms with van der Waals surface area (Å²) in [5, 5.41) is 0. The third-order valence-corrected chi connectivity index (χ3v) is 4.09. The number of hydrogen-bond donors (Lipinski definition) is 0. The van der Waals surface area contributed by atoms with Crippen LogP contribution in [0.2, 0.25) is 0 Å². The van der Waals surface area contributed by atoms with Gasteiger partial charge in [-0.15, -0.1) is 0 Å². The Kier molecular flexibility index (Phi) is 8.19. The fourth-order valence-corrected chi connectivity index (χ4v) is 2.92. The fraction of sp³-hybridized carbons (Fsp3) is 0.375. The molecule has 166 valence electrons. The molecule has 0 aliphatic rings. The summed E-state index contributed by atoms with van der Waals surface area (Å²) >= 11 is 0. The molecular weight excluding hydrogens is 398 g/mol. The van der Waals surface area contributed by atoms with Gasteiger partial charge in [-0.25, -0.2) is 14.4 Å². The van der Waals surface area contributed by atoms with E-state index in [4.69, 9.17) is 14.2 Å². The van der Waals surface area contributed by atoms with E-state index >= 15 is 0 Å². The zero-order valence-electron chi connectivity index (χ0n) is 18.6. The molecule has 7 heteroatoms. The summed E-state index contributed by atoms with van der Waals surface area (Å²) in [6.45, 7) is 8.86. The van der Waals surface area contributed by atoms with Crippen molar-refractivity contribution in [3.05, 3.63) is 65.5 Å². The molecule has 0 bridgehead atoms. The number of benzene rings is 1. The molecule has 0 saturated carbocycles. The van der Waals surface area contributed by atoms with Gasteiger partial charge in [0, 0.05) is 12.7 Å². The average Bonchev–Trinajstić information content (AvgIpc) is 3.13. The van der Waals surface area contributed by atoms with Crippen LogP contribution in [-0.4, -0.2) is 41.3 Å². The van der Waals surface area contributed by atoms with Gasteiger partial charge >= 0.3 is 17.9 Å². The Bertz CT molecular complexity index is 930. The molecule has 7 nitrogen and oxygen atoms in total. The summed E-state index contributed by atoms with van der Waals surface area (Å²) in [5.74, 6) is -2.68. The van der Waals surface area contributed by atoms with Crippen molar-refractivity contribution in [2.45, 2.75) is 46.8 Å². The maximum absolute atomic E-state index is 13.2. The second kappa shape index (κ2) is 10.6. The molecule has 31 heavy (non-hydrogen) atoms. The van der Waals surface area contributed by atoms with Crippen molar-refractivity contribution in [1.29, 1.82) is 0 Å². The number of rotatable bonds is 8. The van der Waals surface area contributed by atoms with Crippen LogP contribution in [0.4, 0.5) is 0 Å². The Morgan fingerprint density at radius 1 is 0.839 bits per heavy atom. The summed E-state index contributed by atoms with van der Waals surface area (Å²) in [6, 6.07) is 13.0. The minimum absolute atomic E-state index is 0.0361. The first-order valence-electron chi connectivity index (χ1n) is 10.2. The number of aromatic nitrogens is 1. The van der Waals surface area contributed by atoms with Crippen molar-refractivity contribution < 1.29 is 28.6 Å². The first-order chi connectivity index (χ1) is 14.7. The third-order valence-electron chi connectivity index (χ3n) is 4.09. The summed E-state index contributed by atoms with van der Waals surface area (Å²) in [7, 11) is 0. The molecule has 0 aliphatic carbocycles. The molecule has 1 aromatic carbocycles. The van der Waals surface area contributed by atoms with Crippen LogP contribution in [0.15, 0.2) is 54.2 Å². The van der Waals surface area contributed by atoms with E-state index in [9.17, 15) is 14.4 Å². The Balaban J connectivity index is 2.69. The molecule has 2 aromatic rings. The molecule has 0 radical (unpaired) electrons. The van der Waals surface area contributed by atoms with Crippen molar-refractivity contribution >= 4 is 23.5 Å². The van der Waals surface area contributed by atoms with Gasteiger partial charge in [0.05, 0.1) is 18.9 Å². The molecule has 0 amide bonds. The van der Waals surface area contributed by atoms with Crippen LogP contribution in [0.5, 0.6) is 0 Å². The molecule has 1 heterocycles. The largest absolute Gasteiger partial charge is 0.462 e. The monoisotopic (exact) mass is 427 g/mol. The van der Waals surface area contributed by atoms with Crippen LogP contribution in [0.25, 0.3) is 5.57 Å². The zero-order valence-corrected chi connectivity index (χ0v) is 18.6. The lowest BCUT2D eigenvalue weighted by Gasteiger charge is -2.22. The molecule has 0 N–H and O–H groups in total. The Morgan fingerprint density at radius 2 is 1.42 bits per heavy atom. The second-order valence-electron chi connectivity index (χ2n) is 7.70. The van der Waals surface area contributed by atoms with E-state index < -0.39 is 29.1 Å². The van der Waals surface area contributed by atoms with Gasteiger partial charge in [-0.2, -0.15) is 0 Å². The lowest BCUT2D eigenvalue weighted by Crippen LogP contribution is -2.29. The van der Waals surface area contributed by atoms with Gasteiger partial charge in [0.15, 0.2) is 5.57 Å². The molecule has 0 aliphatic heterocycles. The van der Waals surface area contributed by atoms with Gasteiger partial charge in [0.2, 0.25) is 0 Å². The SMILES string of the molecule is CCOC(=O)C(C(=O)OCC)=C(C(=O)OC(C)(C)C)c1cccn1Cc1ccccc1. The zero-order chi connectivity index (χ0) is 23.0. The number of ether oxygens (including phenoxy) is 3. The highest BCUT2D eigenvalue weighted by molar-refractivity contribution is 6.32. The minimum Gasteiger partial charge on any atom is -0.462 e. The Morgan fingerprint density at radius 3 is 1.94 bits per heavy atom. The first-order valence-corrected chi connectivity index (χ1v) is 10.2. The maximum Gasteiger partial charge on any atom is 0.346 e. The molecule has 0 unspecified atom stereocenters. The van der Waals surface area contributed by atoms with E-state index in [1.807, 2.05) is 30.3 Å². The third kappa shape index (κ3) is 6.57. The van der Waals surface area contributed by atoms with E-state index in [1.54, 1.807) is 57.5 Å².